The van der Waals surface area contributed by atoms with Crippen molar-refractivity contribution in [3.8, 4) is 22.6 Å². The molecule has 2 aromatic carbocycles. The summed E-state index contributed by atoms with van der Waals surface area (Å²) in [5, 5.41) is 12.2. The molecule has 1 heterocycles. The summed E-state index contributed by atoms with van der Waals surface area (Å²) in [5.74, 6) is -1.27. The fourth-order valence-electron chi connectivity index (χ4n) is 2.84. The maximum absolute atomic E-state index is 13.3. The molecule has 0 saturated carbocycles. The molecular weight excluding hydrogens is 415 g/mol. The summed E-state index contributed by atoms with van der Waals surface area (Å²) >= 11 is 0. The number of benzene rings is 2. The van der Waals surface area contributed by atoms with E-state index in [2.05, 4.69) is 20.8 Å². The molecule has 0 unspecified atom stereocenters. The molecule has 0 bridgehead atoms. The second-order valence-electron chi connectivity index (χ2n) is 6.88. The number of carbonyl (C=O) groups excluding carboxylic acids is 1. The first-order valence-corrected chi connectivity index (χ1v) is 9.22. The van der Waals surface area contributed by atoms with Crippen molar-refractivity contribution in [3.63, 3.8) is 0 Å². The van der Waals surface area contributed by atoms with Gasteiger partial charge in [0, 0.05) is 13.2 Å². The quantitative estimate of drug-likeness (QED) is 0.634. The van der Waals surface area contributed by atoms with Crippen LogP contribution in [0.1, 0.15) is 18.3 Å². The molecule has 0 radical (unpaired) electrons. The second-order valence-corrected chi connectivity index (χ2v) is 6.88. The molecule has 164 valence electrons. The highest BCUT2D eigenvalue weighted by Crippen LogP contribution is 2.32. The molecule has 0 fully saturated rings. The summed E-state index contributed by atoms with van der Waals surface area (Å²) in [6, 6.07) is 11.3. The van der Waals surface area contributed by atoms with Gasteiger partial charge in [0.05, 0.1) is 18.3 Å². The van der Waals surface area contributed by atoms with Gasteiger partial charge in [0.1, 0.15) is 5.75 Å². The Labute approximate surface area is 176 Å². The van der Waals surface area contributed by atoms with Crippen molar-refractivity contribution in [2.75, 3.05) is 13.7 Å². The highest BCUT2D eigenvalue weighted by atomic mass is 19.4. The van der Waals surface area contributed by atoms with Crippen molar-refractivity contribution in [3.05, 3.63) is 53.9 Å². The number of halogens is 3. The fraction of sp³-hybridized carbons (Fsp3) is 0.300. The van der Waals surface area contributed by atoms with E-state index in [0.717, 1.165) is 5.56 Å². The van der Waals surface area contributed by atoms with Crippen LogP contribution in [0.3, 0.4) is 0 Å². The average Bonchev–Trinajstić information content (AvgIpc) is 3.19. The Balaban J connectivity index is 2.02. The van der Waals surface area contributed by atoms with E-state index in [9.17, 15) is 18.0 Å². The number of amides is 1. The van der Waals surface area contributed by atoms with Gasteiger partial charge in [-0.3, -0.25) is 0 Å². The lowest BCUT2D eigenvalue weighted by Gasteiger charge is -2.15. The van der Waals surface area contributed by atoms with E-state index < -0.39 is 18.1 Å². The molecule has 0 aliphatic carbocycles. The summed E-state index contributed by atoms with van der Waals surface area (Å²) in [6.07, 6.45) is -5.54. The Hall–Kier alpha value is -3.47. The average molecular weight is 435 g/mol. The maximum Gasteiger partial charge on any atom is 0.453 e. The fourth-order valence-corrected chi connectivity index (χ4v) is 2.84. The van der Waals surface area contributed by atoms with Crippen molar-refractivity contribution in [1.82, 2.24) is 25.5 Å². The molecule has 0 spiro atoms. The molecule has 8 nitrogen and oxygen atoms in total. The number of tetrazole rings is 1. The van der Waals surface area contributed by atoms with Crippen LogP contribution in [0.4, 0.5) is 18.0 Å². The van der Waals surface area contributed by atoms with Gasteiger partial charge in [-0.05, 0) is 47.5 Å². The molecule has 0 saturated heterocycles. The largest absolute Gasteiger partial charge is 0.453 e. The number of aromatic nitrogens is 4. The zero-order valence-corrected chi connectivity index (χ0v) is 17.0. The Morgan fingerprint density at radius 3 is 2.52 bits per heavy atom. The number of rotatable bonds is 6. The summed E-state index contributed by atoms with van der Waals surface area (Å²) in [5.41, 5.74) is 2.24. The lowest BCUT2D eigenvalue weighted by molar-refractivity contribution is -0.146. The second kappa shape index (κ2) is 9.13. The number of hydrogen-bond acceptors (Lipinski definition) is 6. The lowest BCUT2D eigenvalue weighted by Crippen LogP contribution is -2.37. The number of aryl methyl sites for hydroxylation is 1. The van der Waals surface area contributed by atoms with Crippen LogP contribution in [0.5, 0.6) is 5.75 Å². The number of carbonyl (C=O) groups is 1. The molecule has 0 aliphatic heterocycles. The van der Waals surface area contributed by atoms with Crippen LogP contribution in [0.2, 0.25) is 0 Å². The molecule has 1 amide bonds. The van der Waals surface area contributed by atoms with Gasteiger partial charge in [0.2, 0.25) is 0 Å². The van der Waals surface area contributed by atoms with Crippen LogP contribution in [-0.2, 0) is 10.9 Å². The van der Waals surface area contributed by atoms with Crippen molar-refractivity contribution < 1.29 is 27.4 Å². The van der Waals surface area contributed by atoms with E-state index >= 15 is 0 Å². The predicted molar refractivity (Wildman–Crippen MR) is 105 cm³/mol. The van der Waals surface area contributed by atoms with Crippen LogP contribution in [0.25, 0.3) is 16.8 Å². The highest BCUT2D eigenvalue weighted by Gasteiger charge is 2.38. The van der Waals surface area contributed by atoms with E-state index in [4.69, 9.17) is 9.47 Å². The van der Waals surface area contributed by atoms with Crippen molar-refractivity contribution in [2.24, 2.45) is 0 Å². The summed E-state index contributed by atoms with van der Waals surface area (Å²) in [7, 11) is 1.49. The Morgan fingerprint density at radius 2 is 1.87 bits per heavy atom. The molecule has 0 aliphatic rings. The van der Waals surface area contributed by atoms with Gasteiger partial charge in [-0.15, -0.1) is 5.10 Å². The molecule has 1 atom stereocenters. The zero-order valence-electron chi connectivity index (χ0n) is 17.0. The molecule has 1 aromatic heterocycles. The van der Waals surface area contributed by atoms with Crippen LogP contribution in [0.15, 0.2) is 42.5 Å². The van der Waals surface area contributed by atoms with E-state index in [1.54, 1.807) is 13.0 Å². The van der Waals surface area contributed by atoms with Gasteiger partial charge in [-0.2, -0.15) is 17.9 Å². The van der Waals surface area contributed by atoms with Crippen LogP contribution < -0.4 is 10.1 Å². The van der Waals surface area contributed by atoms with Gasteiger partial charge in [-0.25, -0.2) is 4.79 Å². The minimum Gasteiger partial charge on any atom is -0.410 e. The standard InChI is InChI=1S/C20H20F3N5O3/c1-12-4-6-14(7-5-12)15-8-16(28-18(20(21,22)23)25-26-27-28)10-17(9-15)31-19(29)24-13(2)11-30-3/h4-10,13H,11H2,1-3H3,(H,24,29)/t13-/m1/s1. The first-order valence-electron chi connectivity index (χ1n) is 9.22. The van der Waals surface area contributed by atoms with Crippen molar-refractivity contribution in [2.45, 2.75) is 26.1 Å². The number of hydrogen-bond donors (Lipinski definition) is 1. The number of nitrogens with one attached hydrogen (secondary N) is 1. The van der Waals surface area contributed by atoms with E-state index in [1.807, 2.05) is 31.2 Å². The van der Waals surface area contributed by atoms with Gasteiger partial charge < -0.3 is 14.8 Å². The minimum absolute atomic E-state index is 0.0110. The van der Waals surface area contributed by atoms with E-state index in [0.29, 0.717) is 15.8 Å². The molecule has 11 heteroatoms. The number of alkyl halides is 3. The third-order valence-electron chi connectivity index (χ3n) is 4.24. The summed E-state index contributed by atoms with van der Waals surface area (Å²) in [6.45, 7) is 3.90. The van der Waals surface area contributed by atoms with Gasteiger partial charge in [0.15, 0.2) is 0 Å². The molecule has 1 N–H and O–H groups in total. The number of ether oxygens (including phenoxy) is 2. The van der Waals surface area contributed by atoms with Crippen LogP contribution in [-0.4, -0.2) is 46.1 Å². The topological polar surface area (TPSA) is 91.2 Å². The Kier molecular flexibility index (Phi) is 6.54. The van der Waals surface area contributed by atoms with Crippen LogP contribution >= 0.6 is 0 Å². The summed E-state index contributed by atoms with van der Waals surface area (Å²) < 4.78 is 50.7. The van der Waals surface area contributed by atoms with E-state index in [1.165, 1.54) is 19.2 Å². The number of methoxy groups -OCH3 is 1. The maximum atomic E-state index is 13.3. The smallest absolute Gasteiger partial charge is 0.410 e. The zero-order chi connectivity index (χ0) is 22.6. The minimum atomic E-state index is -4.77. The molecular formula is C20H20F3N5O3. The van der Waals surface area contributed by atoms with Gasteiger partial charge in [0.25, 0.3) is 5.82 Å². The normalized spacial score (nSPS) is 12.5. The third kappa shape index (κ3) is 5.57. The highest BCUT2D eigenvalue weighted by molar-refractivity contribution is 5.74. The first kappa shape index (κ1) is 22.2. The van der Waals surface area contributed by atoms with Crippen molar-refractivity contribution in [1.29, 1.82) is 0 Å². The SMILES string of the molecule is COC[C@@H](C)NC(=O)Oc1cc(-c2ccc(C)cc2)cc(-n2nnnc2C(F)(F)F)c1. The van der Waals surface area contributed by atoms with Gasteiger partial charge in [-0.1, -0.05) is 29.8 Å². The third-order valence-corrected chi connectivity index (χ3v) is 4.24. The lowest BCUT2D eigenvalue weighted by atomic mass is 10.0. The summed E-state index contributed by atoms with van der Waals surface area (Å²) in [4.78, 5) is 12.2. The van der Waals surface area contributed by atoms with Crippen molar-refractivity contribution >= 4 is 6.09 Å². The predicted octanol–water partition coefficient (Wildman–Crippen LogP) is 3.78. The Morgan fingerprint density at radius 1 is 1.16 bits per heavy atom. The molecule has 31 heavy (non-hydrogen) atoms. The van der Waals surface area contributed by atoms with Crippen LogP contribution in [0, 0.1) is 6.92 Å². The first-order chi connectivity index (χ1) is 14.7. The monoisotopic (exact) mass is 435 g/mol. The molecule has 3 aromatic rings. The number of nitrogens with zero attached hydrogens (tertiary/aromatic N) is 4. The molecule has 3 rings (SSSR count). The van der Waals surface area contributed by atoms with Gasteiger partial charge >= 0.3 is 12.3 Å². The Bertz CT molecular complexity index is 1050. The van der Waals surface area contributed by atoms with E-state index in [-0.39, 0.29) is 24.1 Å².